The number of amides is 1. The topological polar surface area (TPSA) is 50.8 Å². The van der Waals surface area contributed by atoms with E-state index in [9.17, 15) is 4.79 Å². The highest BCUT2D eigenvalue weighted by molar-refractivity contribution is 7.07. The van der Waals surface area contributed by atoms with Crippen LogP contribution in [0.15, 0.2) is 35.0 Å². The van der Waals surface area contributed by atoms with Crippen molar-refractivity contribution in [3.05, 3.63) is 51.2 Å². The van der Waals surface area contributed by atoms with Crippen molar-refractivity contribution in [1.29, 1.82) is 0 Å². The first kappa shape index (κ1) is 18.2. The molecule has 0 spiro atoms. The van der Waals surface area contributed by atoms with Crippen LogP contribution in [0.1, 0.15) is 22.0 Å². The predicted molar refractivity (Wildman–Crippen MR) is 99.8 cm³/mol. The molecule has 3 rings (SSSR count). The summed E-state index contributed by atoms with van der Waals surface area (Å²) in [5, 5.41) is 7.73. The van der Waals surface area contributed by atoms with E-state index in [-0.39, 0.29) is 11.9 Å². The van der Waals surface area contributed by atoms with Gasteiger partial charge in [-0.05, 0) is 40.6 Å². The predicted octanol–water partition coefficient (Wildman–Crippen LogP) is 3.21. The van der Waals surface area contributed by atoms with Crippen LogP contribution in [0.4, 0.5) is 0 Å². The van der Waals surface area contributed by atoms with Gasteiger partial charge in [0.05, 0.1) is 31.9 Å². The van der Waals surface area contributed by atoms with Gasteiger partial charge in [-0.3, -0.25) is 9.69 Å². The molecule has 1 aliphatic rings. The van der Waals surface area contributed by atoms with Crippen molar-refractivity contribution < 1.29 is 14.3 Å². The summed E-state index contributed by atoms with van der Waals surface area (Å²) in [7, 11) is 1.54. The Balaban J connectivity index is 1.72. The quantitative estimate of drug-likeness (QED) is 0.836. The standard InChI is InChI=1S/C18H21ClN2O3S/c1-23-17-3-2-14(19)10-15(17)18(22)20-11-16(13-4-9-25-12-13)21-5-7-24-8-6-21/h2-4,9-10,12,16H,5-8,11H2,1H3,(H,20,22)/t16-/m0/s1. The van der Waals surface area contributed by atoms with Gasteiger partial charge in [0.1, 0.15) is 5.75 Å². The van der Waals surface area contributed by atoms with E-state index in [4.69, 9.17) is 21.1 Å². The van der Waals surface area contributed by atoms with Gasteiger partial charge in [0.25, 0.3) is 5.91 Å². The molecule has 1 aromatic carbocycles. The van der Waals surface area contributed by atoms with Gasteiger partial charge >= 0.3 is 0 Å². The van der Waals surface area contributed by atoms with Crippen molar-refractivity contribution in [2.45, 2.75) is 6.04 Å². The SMILES string of the molecule is COc1ccc(Cl)cc1C(=O)NC[C@@H](c1ccsc1)N1CCOCC1. The maximum Gasteiger partial charge on any atom is 0.255 e. The van der Waals surface area contributed by atoms with Gasteiger partial charge in [0, 0.05) is 24.7 Å². The van der Waals surface area contributed by atoms with Gasteiger partial charge < -0.3 is 14.8 Å². The average Bonchev–Trinajstić information content (AvgIpc) is 3.17. The van der Waals surface area contributed by atoms with Gasteiger partial charge in [-0.15, -0.1) is 0 Å². The smallest absolute Gasteiger partial charge is 0.255 e. The van der Waals surface area contributed by atoms with Gasteiger partial charge in [-0.1, -0.05) is 11.6 Å². The third-order valence-corrected chi connectivity index (χ3v) is 5.21. The number of carbonyl (C=O) groups is 1. The number of benzene rings is 1. The van der Waals surface area contributed by atoms with Crippen molar-refractivity contribution in [3.8, 4) is 5.75 Å². The summed E-state index contributed by atoms with van der Waals surface area (Å²) in [5.41, 5.74) is 1.66. The number of hydrogen-bond donors (Lipinski definition) is 1. The fourth-order valence-electron chi connectivity index (χ4n) is 2.95. The molecular weight excluding hydrogens is 360 g/mol. The van der Waals surface area contributed by atoms with Crippen molar-refractivity contribution in [3.63, 3.8) is 0 Å². The van der Waals surface area contributed by atoms with Crippen LogP contribution in [0, 0.1) is 0 Å². The van der Waals surface area contributed by atoms with E-state index in [0.29, 0.717) is 22.9 Å². The van der Waals surface area contributed by atoms with E-state index in [1.54, 1.807) is 36.6 Å². The molecule has 0 bridgehead atoms. The van der Waals surface area contributed by atoms with Crippen molar-refractivity contribution in [2.24, 2.45) is 0 Å². The van der Waals surface area contributed by atoms with Crippen LogP contribution in [0.2, 0.25) is 5.02 Å². The molecule has 1 N–H and O–H groups in total. The number of rotatable bonds is 6. The summed E-state index contributed by atoms with van der Waals surface area (Å²) >= 11 is 7.69. The summed E-state index contributed by atoms with van der Waals surface area (Å²) in [4.78, 5) is 15.0. The van der Waals surface area contributed by atoms with Crippen LogP contribution in [0.5, 0.6) is 5.75 Å². The lowest BCUT2D eigenvalue weighted by molar-refractivity contribution is 0.0163. The van der Waals surface area contributed by atoms with Crippen LogP contribution in [-0.2, 0) is 4.74 Å². The molecule has 5 nitrogen and oxygen atoms in total. The molecule has 1 aromatic heterocycles. The molecule has 1 saturated heterocycles. The molecule has 0 unspecified atom stereocenters. The fraction of sp³-hybridized carbons (Fsp3) is 0.389. The largest absolute Gasteiger partial charge is 0.496 e. The van der Waals surface area contributed by atoms with Gasteiger partial charge in [-0.2, -0.15) is 11.3 Å². The molecule has 134 valence electrons. The van der Waals surface area contributed by atoms with Gasteiger partial charge in [-0.25, -0.2) is 0 Å². The molecule has 0 saturated carbocycles. The Labute approximate surface area is 156 Å². The summed E-state index contributed by atoms with van der Waals surface area (Å²) < 4.78 is 10.7. The molecule has 1 amide bonds. The van der Waals surface area contributed by atoms with E-state index in [0.717, 1.165) is 26.3 Å². The number of carbonyl (C=O) groups excluding carboxylic acids is 1. The minimum atomic E-state index is -0.187. The van der Waals surface area contributed by atoms with E-state index < -0.39 is 0 Å². The Bertz CT molecular complexity index is 702. The summed E-state index contributed by atoms with van der Waals surface area (Å²) in [6.45, 7) is 3.67. The maximum atomic E-state index is 12.6. The lowest BCUT2D eigenvalue weighted by Gasteiger charge is -2.34. The monoisotopic (exact) mass is 380 g/mol. The molecule has 2 heterocycles. The van der Waals surface area contributed by atoms with Crippen molar-refractivity contribution in [1.82, 2.24) is 10.2 Å². The minimum absolute atomic E-state index is 0.129. The summed E-state index contributed by atoms with van der Waals surface area (Å²) in [6, 6.07) is 7.28. The molecule has 1 fully saturated rings. The molecule has 1 atom stereocenters. The number of hydrogen-bond acceptors (Lipinski definition) is 5. The minimum Gasteiger partial charge on any atom is -0.496 e. The lowest BCUT2D eigenvalue weighted by Crippen LogP contribution is -2.43. The molecule has 7 heteroatoms. The zero-order valence-electron chi connectivity index (χ0n) is 14.0. The molecular formula is C18H21ClN2O3S. The second-order valence-electron chi connectivity index (χ2n) is 5.78. The first-order chi connectivity index (χ1) is 12.2. The van der Waals surface area contributed by atoms with Crippen molar-refractivity contribution in [2.75, 3.05) is 40.0 Å². The number of morpholine rings is 1. The number of ether oxygens (including phenoxy) is 2. The van der Waals surface area contributed by atoms with Crippen LogP contribution in [0.3, 0.4) is 0 Å². The molecule has 25 heavy (non-hydrogen) atoms. The molecule has 0 aliphatic carbocycles. The van der Waals surface area contributed by atoms with Crippen LogP contribution < -0.4 is 10.1 Å². The van der Waals surface area contributed by atoms with Crippen molar-refractivity contribution >= 4 is 28.8 Å². The van der Waals surface area contributed by atoms with E-state index in [1.807, 2.05) is 0 Å². The summed E-state index contributed by atoms with van der Waals surface area (Å²) in [6.07, 6.45) is 0. The molecule has 1 aliphatic heterocycles. The normalized spacial score (nSPS) is 16.4. The Morgan fingerprint density at radius 1 is 1.40 bits per heavy atom. The van der Waals surface area contributed by atoms with E-state index in [1.165, 1.54) is 5.56 Å². The zero-order valence-corrected chi connectivity index (χ0v) is 15.6. The highest BCUT2D eigenvalue weighted by Crippen LogP contribution is 2.25. The van der Waals surface area contributed by atoms with Crippen LogP contribution >= 0.6 is 22.9 Å². The fourth-order valence-corrected chi connectivity index (χ4v) is 3.83. The average molecular weight is 381 g/mol. The zero-order chi connectivity index (χ0) is 17.6. The van der Waals surface area contributed by atoms with E-state index in [2.05, 4.69) is 27.0 Å². The number of nitrogens with zero attached hydrogens (tertiary/aromatic N) is 1. The number of methoxy groups -OCH3 is 1. The first-order valence-electron chi connectivity index (χ1n) is 8.14. The third kappa shape index (κ3) is 4.52. The highest BCUT2D eigenvalue weighted by atomic mass is 35.5. The Morgan fingerprint density at radius 3 is 2.88 bits per heavy atom. The Hall–Kier alpha value is -1.60. The molecule has 0 radical (unpaired) electrons. The summed E-state index contributed by atoms with van der Waals surface area (Å²) in [5.74, 6) is 0.327. The van der Waals surface area contributed by atoms with Gasteiger partial charge in [0.15, 0.2) is 0 Å². The second-order valence-corrected chi connectivity index (χ2v) is 6.99. The van der Waals surface area contributed by atoms with Gasteiger partial charge in [0.2, 0.25) is 0 Å². The number of nitrogens with one attached hydrogen (secondary N) is 1. The number of halogens is 1. The van der Waals surface area contributed by atoms with E-state index >= 15 is 0 Å². The molecule has 2 aromatic rings. The Kier molecular flexibility index (Phi) is 6.31. The second kappa shape index (κ2) is 8.67. The highest BCUT2D eigenvalue weighted by Gasteiger charge is 2.24. The first-order valence-corrected chi connectivity index (χ1v) is 9.46. The van der Waals surface area contributed by atoms with Crippen LogP contribution in [0.25, 0.3) is 0 Å². The van der Waals surface area contributed by atoms with Crippen LogP contribution in [-0.4, -0.2) is 50.8 Å². The lowest BCUT2D eigenvalue weighted by atomic mass is 10.1. The maximum absolute atomic E-state index is 12.6. The number of thiophene rings is 1. The Morgan fingerprint density at radius 2 is 2.20 bits per heavy atom. The third-order valence-electron chi connectivity index (χ3n) is 4.28.